The molecule has 0 aromatic carbocycles. The summed E-state index contributed by atoms with van der Waals surface area (Å²) in [6.45, 7) is 10.6. The molecule has 0 aromatic heterocycles. The molecule has 3 aliphatic rings. The highest BCUT2D eigenvalue weighted by atomic mass is 16.6. The molecular formula is C22H38N6O6. The van der Waals surface area contributed by atoms with E-state index in [4.69, 9.17) is 25.7 Å². The maximum absolute atomic E-state index is 12.9. The molecule has 12 heteroatoms. The third-order valence-corrected chi connectivity index (χ3v) is 6.67. The number of nitrogens with two attached hydrogens (primary N) is 1. The molecular weight excluding hydrogens is 444 g/mol. The van der Waals surface area contributed by atoms with Crippen LogP contribution in [0.2, 0.25) is 0 Å². The standard InChI is InChI=1S/C22H38N6O6/c1-14-19(26-11-9-25(10-12-26)13-16(29)30)33-21(32)28(14)17(18(23)24)15-5-7-27(8-6-15)20(31)34-22(2,3)4/h14-15,17,19H,5-13H2,1-4H3,(H3,23,24)(H,29,30). The molecule has 2 amide bonds. The van der Waals surface area contributed by atoms with Crippen LogP contribution in [-0.4, -0.2) is 118 Å². The topological polar surface area (TPSA) is 153 Å². The summed E-state index contributed by atoms with van der Waals surface area (Å²) in [5, 5.41) is 17.2. The van der Waals surface area contributed by atoms with Gasteiger partial charge in [-0.25, -0.2) is 9.59 Å². The maximum atomic E-state index is 12.9. The zero-order chi connectivity index (χ0) is 25.2. The molecule has 0 aliphatic carbocycles. The summed E-state index contributed by atoms with van der Waals surface area (Å²) in [7, 11) is 0. The molecule has 3 atom stereocenters. The Bertz CT molecular complexity index is 785. The summed E-state index contributed by atoms with van der Waals surface area (Å²) in [4.78, 5) is 43.4. The first-order chi connectivity index (χ1) is 15.9. The van der Waals surface area contributed by atoms with Gasteiger partial charge < -0.3 is 25.2 Å². The fourth-order valence-electron chi connectivity index (χ4n) is 5.04. The van der Waals surface area contributed by atoms with Crippen LogP contribution in [-0.2, 0) is 14.3 Å². The molecule has 3 unspecified atom stereocenters. The minimum absolute atomic E-state index is 0.00558. The third kappa shape index (κ3) is 6.09. The van der Waals surface area contributed by atoms with Gasteiger partial charge in [0.25, 0.3) is 0 Å². The van der Waals surface area contributed by atoms with E-state index in [0.29, 0.717) is 52.1 Å². The molecule has 34 heavy (non-hydrogen) atoms. The summed E-state index contributed by atoms with van der Waals surface area (Å²) in [5.41, 5.74) is 5.42. The Morgan fingerprint density at radius 3 is 2.26 bits per heavy atom. The van der Waals surface area contributed by atoms with Gasteiger partial charge in [0.1, 0.15) is 11.4 Å². The number of piperazine rings is 1. The van der Waals surface area contributed by atoms with Crippen LogP contribution in [0, 0.1) is 11.3 Å². The molecule has 0 spiro atoms. The fourth-order valence-corrected chi connectivity index (χ4v) is 5.04. The number of rotatable bonds is 6. The van der Waals surface area contributed by atoms with Crippen LogP contribution in [0.3, 0.4) is 0 Å². The van der Waals surface area contributed by atoms with E-state index >= 15 is 0 Å². The van der Waals surface area contributed by atoms with Crippen molar-refractivity contribution >= 4 is 24.0 Å². The number of cyclic esters (lactones) is 1. The monoisotopic (exact) mass is 482 g/mol. The van der Waals surface area contributed by atoms with Gasteiger partial charge in [-0.2, -0.15) is 0 Å². The first-order valence-corrected chi connectivity index (χ1v) is 11.9. The van der Waals surface area contributed by atoms with Crippen LogP contribution < -0.4 is 5.73 Å². The van der Waals surface area contributed by atoms with Gasteiger partial charge in [0.2, 0.25) is 0 Å². The van der Waals surface area contributed by atoms with Crippen molar-refractivity contribution < 1.29 is 29.0 Å². The molecule has 12 nitrogen and oxygen atoms in total. The normalized spacial score (nSPS) is 26.3. The Balaban J connectivity index is 1.62. The largest absolute Gasteiger partial charge is 0.480 e. The highest BCUT2D eigenvalue weighted by molar-refractivity contribution is 5.87. The van der Waals surface area contributed by atoms with E-state index in [2.05, 4.69) is 0 Å². The van der Waals surface area contributed by atoms with Crippen molar-refractivity contribution in [1.29, 1.82) is 5.41 Å². The number of ether oxygens (including phenoxy) is 2. The molecule has 3 rings (SSSR count). The number of nitrogens with zero attached hydrogens (tertiary/aromatic N) is 4. The van der Waals surface area contributed by atoms with Crippen LogP contribution in [0.5, 0.6) is 0 Å². The van der Waals surface area contributed by atoms with Crippen molar-refractivity contribution in [1.82, 2.24) is 19.6 Å². The molecule has 3 fully saturated rings. The number of nitrogens with one attached hydrogen (secondary N) is 1. The van der Waals surface area contributed by atoms with E-state index in [9.17, 15) is 14.4 Å². The van der Waals surface area contributed by atoms with Crippen molar-refractivity contribution in [3.8, 4) is 0 Å². The van der Waals surface area contributed by atoms with Gasteiger partial charge in [-0.3, -0.25) is 24.9 Å². The van der Waals surface area contributed by atoms with Crippen LogP contribution in [0.15, 0.2) is 0 Å². The predicted molar refractivity (Wildman–Crippen MR) is 123 cm³/mol. The van der Waals surface area contributed by atoms with Gasteiger partial charge in [0.05, 0.1) is 18.6 Å². The first kappa shape index (κ1) is 26.0. The molecule has 0 bridgehead atoms. The zero-order valence-corrected chi connectivity index (χ0v) is 20.5. The smallest absolute Gasteiger partial charge is 0.412 e. The number of carbonyl (C=O) groups excluding carboxylic acids is 2. The lowest BCUT2D eigenvalue weighted by Crippen LogP contribution is -2.58. The Hall–Kier alpha value is -2.60. The van der Waals surface area contributed by atoms with E-state index in [-0.39, 0.29) is 30.4 Å². The van der Waals surface area contributed by atoms with Crippen molar-refractivity contribution in [2.75, 3.05) is 45.8 Å². The van der Waals surface area contributed by atoms with Gasteiger partial charge in [-0.15, -0.1) is 0 Å². The van der Waals surface area contributed by atoms with E-state index in [1.54, 1.807) is 9.80 Å². The van der Waals surface area contributed by atoms with Gasteiger partial charge >= 0.3 is 18.2 Å². The van der Waals surface area contributed by atoms with Crippen LogP contribution in [0.1, 0.15) is 40.5 Å². The summed E-state index contributed by atoms with van der Waals surface area (Å²) >= 11 is 0. The summed E-state index contributed by atoms with van der Waals surface area (Å²) in [6, 6.07) is -0.933. The number of aliphatic carboxylic acids is 1. The minimum atomic E-state index is -0.859. The predicted octanol–water partition coefficient (Wildman–Crippen LogP) is 0.807. The summed E-state index contributed by atoms with van der Waals surface area (Å²) in [5.74, 6) is -1.02. The lowest BCUT2D eigenvalue weighted by Gasteiger charge is -2.41. The van der Waals surface area contributed by atoms with E-state index in [0.717, 1.165) is 0 Å². The third-order valence-electron chi connectivity index (χ3n) is 6.67. The Kier molecular flexibility index (Phi) is 7.91. The van der Waals surface area contributed by atoms with Gasteiger partial charge in [-0.1, -0.05) is 0 Å². The molecule has 0 saturated carbocycles. The van der Waals surface area contributed by atoms with Gasteiger partial charge in [-0.05, 0) is 46.5 Å². The van der Waals surface area contributed by atoms with Crippen LogP contribution >= 0.6 is 0 Å². The number of hydrogen-bond acceptors (Lipinski definition) is 8. The molecule has 4 N–H and O–H groups in total. The highest BCUT2D eigenvalue weighted by Gasteiger charge is 2.49. The second kappa shape index (κ2) is 10.3. The number of amides is 2. The van der Waals surface area contributed by atoms with E-state index < -0.39 is 29.9 Å². The van der Waals surface area contributed by atoms with Crippen molar-refractivity contribution in [3.63, 3.8) is 0 Å². The van der Waals surface area contributed by atoms with Crippen LogP contribution in [0.4, 0.5) is 9.59 Å². The average molecular weight is 483 g/mol. The lowest BCUT2D eigenvalue weighted by molar-refractivity contribution is -0.139. The zero-order valence-electron chi connectivity index (χ0n) is 20.5. The Morgan fingerprint density at radius 2 is 1.76 bits per heavy atom. The molecule has 0 aromatic rings. The molecule has 3 heterocycles. The number of piperidine rings is 1. The second-order valence-electron chi connectivity index (χ2n) is 10.3. The fraction of sp³-hybridized carbons (Fsp3) is 0.818. The molecule has 0 radical (unpaired) electrons. The van der Waals surface area contributed by atoms with Crippen LogP contribution in [0.25, 0.3) is 0 Å². The van der Waals surface area contributed by atoms with Gasteiger partial charge in [0, 0.05) is 39.3 Å². The molecule has 3 aliphatic heterocycles. The number of likely N-dealkylation sites (tertiary alicyclic amines) is 1. The first-order valence-electron chi connectivity index (χ1n) is 11.9. The Morgan fingerprint density at radius 1 is 1.18 bits per heavy atom. The summed E-state index contributed by atoms with van der Waals surface area (Å²) in [6.07, 6.45) is -0.151. The minimum Gasteiger partial charge on any atom is -0.480 e. The van der Waals surface area contributed by atoms with Crippen molar-refractivity contribution in [2.45, 2.75) is 64.4 Å². The van der Waals surface area contributed by atoms with E-state index in [1.165, 1.54) is 0 Å². The highest BCUT2D eigenvalue weighted by Crippen LogP contribution is 2.32. The van der Waals surface area contributed by atoms with Gasteiger partial charge in [0.15, 0.2) is 6.23 Å². The number of carbonyl (C=O) groups is 3. The van der Waals surface area contributed by atoms with Crippen molar-refractivity contribution in [3.05, 3.63) is 0 Å². The number of amidine groups is 1. The molecule has 3 saturated heterocycles. The number of carboxylic acid groups (broad SMARTS) is 1. The quantitative estimate of drug-likeness (QED) is 0.369. The SMILES string of the molecule is CC1C(N2CCN(CC(=O)O)CC2)OC(=O)N1C(C(=N)N)C1CCN(C(=O)OC(C)(C)C)CC1. The number of hydrogen-bond donors (Lipinski definition) is 3. The second-order valence-corrected chi connectivity index (χ2v) is 10.3. The lowest BCUT2D eigenvalue weighted by atomic mass is 9.87. The average Bonchev–Trinajstić information content (AvgIpc) is 3.02. The van der Waals surface area contributed by atoms with Crippen molar-refractivity contribution in [2.24, 2.45) is 11.7 Å². The summed E-state index contributed by atoms with van der Waals surface area (Å²) < 4.78 is 11.2. The Labute approximate surface area is 200 Å². The van der Waals surface area contributed by atoms with E-state index in [1.807, 2.05) is 37.5 Å². The molecule has 192 valence electrons. The number of carboxylic acids is 1. The maximum Gasteiger partial charge on any atom is 0.412 e.